The van der Waals surface area contributed by atoms with Gasteiger partial charge in [0.05, 0.1) is 18.2 Å². The van der Waals surface area contributed by atoms with Gasteiger partial charge in [0.1, 0.15) is 41.3 Å². The first kappa shape index (κ1) is 21.9. The SMILES string of the molecule is OC[C@H]1O[C@@H](Oc2cc3c(O)cc(O)cc3[o+]c2-c2ccc(O)c(O)c2)[C@H](O)[C@@H](O)[C@H]1O. The van der Waals surface area contributed by atoms with E-state index >= 15 is 0 Å². The Bertz CT molecular complexity index is 1150. The van der Waals surface area contributed by atoms with Crippen molar-refractivity contribution in [3.63, 3.8) is 0 Å². The summed E-state index contributed by atoms with van der Waals surface area (Å²) in [5, 5.41) is 79.2. The van der Waals surface area contributed by atoms with Gasteiger partial charge in [0.25, 0.3) is 0 Å². The molecule has 0 amide bonds. The topological polar surface area (TPSA) is 192 Å². The number of benzene rings is 2. The number of rotatable bonds is 4. The summed E-state index contributed by atoms with van der Waals surface area (Å²) >= 11 is 0. The van der Waals surface area contributed by atoms with Gasteiger partial charge in [-0.05, 0) is 12.1 Å². The Balaban J connectivity index is 1.84. The van der Waals surface area contributed by atoms with Crippen LogP contribution in [0, 0.1) is 0 Å². The van der Waals surface area contributed by atoms with Crippen molar-refractivity contribution in [1.82, 2.24) is 0 Å². The van der Waals surface area contributed by atoms with Crippen molar-refractivity contribution in [1.29, 1.82) is 0 Å². The number of ether oxygens (including phenoxy) is 2. The van der Waals surface area contributed by atoms with Crippen molar-refractivity contribution < 1.29 is 54.7 Å². The summed E-state index contributed by atoms with van der Waals surface area (Å²) in [5.74, 6) is -1.64. The molecule has 0 radical (unpaired) electrons. The number of phenols is 4. The lowest BCUT2D eigenvalue weighted by molar-refractivity contribution is -0.277. The van der Waals surface area contributed by atoms with Crippen molar-refractivity contribution in [2.24, 2.45) is 0 Å². The molecule has 0 unspecified atom stereocenters. The normalized spacial score (nSPS) is 25.7. The second-order valence-electron chi connectivity index (χ2n) is 7.34. The van der Waals surface area contributed by atoms with E-state index in [-0.39, 0.29) is 45.3 Å². The predicted octanol–water partition coefficient (Wildman–Crippen LogP) is 0.382. The number of aromatic hydroxyl groups is 4. The minimum absolute atomic E-state index is 0.0465. The zero-order valence-electron chi connectivity index (χ0n) is 16.4. The molecule has 170 valence electrons. The van der Waals surface area contributed by atoms with Crippen molar-refractivity contribution in [3.8, 4) is 40.1 Å². The smallest absolute Gasteiger partial charge is 0.402 e. The van der Waals surface area contributed by atoms with Crippen LogP contribution in [-0.2, 0) is 4.74 Å². The molecule has 8 N–H and O–H groups in total. The molecule has 2 aromatic carbocycles. The Morgan fingerprint density at radius 1 is 0.844 bits per heavy atom. The molecule has 1 fully saturated rings. The highest BCUT2D eigenvalue weighted by Gasteiger charge is 2.45. The number of hydrogen-bond acceptors (Lipinski definition) is 10. The van der Waals surface area contributed by atoms with E-state index in [1.54, 1.807) is 0 Å². The molecular formula is C21H21O11+. The van der Waals surface area contributed by atoms with E-state index in [0.717, 1.165) is 6.07 Å². The molecule has 5 atom stereocenters. The van der Waals surface area contributed by atoms with E-state index in [0.29, 0.717) is 0 Å². The maximum absolute atomic E-state index is 10.3. The zero-order chi connectivity index (χ0) is 23.2. The first-order valence-corrected chi connectivity index (χ1v) is 9.52. The molecular weight excluding hydrogens is 428 g/mol. The molecule has 1 saturated heterocycles. The molecule has 2 heterocycles. The van der Waals surface area contributed by atoms with Crippen LogP contribution >= 0.6 is 0 Å². The first-order chi connectivity index (χ1) is 15.2. The van der Waals surface area contributed by atoms with Gasteiger partial charge >= 0.3 is 11.3 Å². The molecule has 4 rings (SSSR count). The van der Waals surface area contributed by atoms with Gasteiger partial charge in [-0.2, -0.15) is 0 Å². The Morgan fingerprint density at radius 2 is 1.59 bits per heavy atom. The second kappa shape index (κ2) is 8.30. The minimum Gasteiger partial charge on any atom is -0.507 e. The maximum Gasteiger partial charge on any atom is 0.402 e. The summed E-state index contributed by atoms with van der Waals surface area (Å²) < 4.78 is 16.8. The van der Waals surface area contributed by atoms with Crippen molar-refractivity contribution >= 4 is 11.0 Å². The largest absolute Gasteiger partial charge is 0.507 e. The van der Waals surface area contributed by atoms with Crippen LogP contribution in [0.1, 0.15) is 0 Å². The molecule has 0 spiro atoms. The fourth-order valence-electron chi connectivity index (χ4n) is 3.43. The Labute approximate surface area is 180 Å². The molecule has 1 aliphatic heterocycles. The molecule has 1 aromatic heterocycles. The maximum atomic E-state index is 10.3. The van der Waals surface area contributed by atoms with E-state index in [4.69, 9.17) is 13.9 Å². The average Bonchev–Trinajstić information content (AvgIpc) is 2.76. The lowest BCUT2D eigenvalue weighted by atomic mass is 9.99. The van der Waals surface area contributed by atoms with Crippen LogP contribution in [0.5, 0.6) is 28.7 Å². The Morgan fingerprint density at radius 3 is 2.28 bits per heavy atom. The van der Waals surface area contributed by atoms with Gasteiger partial charge in [0.15, 0.2) is 11.5 Å². The lowest BCUT2D eigenvalue weighted by Gasteiger charge is -2.39. The standard InChI is InChI=1S/C21H20O11/c22-7-16-17(27)18(28)19(29)21(32-16)31-15-6-10-12(25)4-9(23)5-14(10)30-20(15)8-1-2-11(24)13(26)3-8/h1-6,16-19,21-22,27-29H,7H2,(H3-,23,24,25,26)/p+1/t16-,17+,18+,19-,21-/m1/s1. The summed E-state index contributed by atoms with van der Waals surface area (Å²) in [4.78, 5) is 0. The molecule has 0 aliphatic carbocycles. The fourth-order valence-corrected chi connectivity index (χ4v) is 3.43. The van der Waals surface area contributed by atoms with Crippen LogP contribution in [0.3, 0.4) is 0 Å². The quantitative estimate of drug-likeness (QED) is 0.203. The van der Waals surface area contributed by atoms with E-state index < -0.39 is 43.1 Å². The molecule has 32 heavy (non-hydrogen) atoms. The number of hydrogen-bond donors (Lipinski definition) is 8. The summed E-state index contributed by atoms with van der Waals surface area (Å²) in [6.45, 7) is -0.661. The van der Waals surface area contributed by atoms with Crippen LogP contribution in [-0.4, -0.2) is 78.2 Å². The van der Waals surface area contributed by atoms with Gasteiger partial charge < -0.3 is 50.3 Å². The molecule has 0 saturated carbocycles. The Kier molecular flexibility index (Phi) is 5.67. The van der Waals surface area contributed by atoms with Gasteiger partial charge in [0.2, 0.25) is 12.0 Å². The van der Waals surface area contributed by atoms with Crippen molar-refractivity contribution in [3.05, 3.63) is 36.4 Å². The molecule has 3 aromatic rings. The third-order valence-corrected chi connectivity index (χ3v) is 5.15. The molecule has 0 bridgehead atoms. The van der Waals surface area contributed by atoms with Gasteiger partial charge in [0, 0.05) is 18.2 Å². The second-order valence-corrected chi connectivity index (χ2v) is 7.34. The highest BCUT2D eigenvalue weighted by molar-refractivity contribution is 5.88. The van der Waals surface area contributed by atoms with Crippen LogP contribution in [0.4, 0.5) is 0 Å². The first-order valence-electron chi connectivity index (χ1n) is 9.52. The van der Waals surface area contributed by atoms with E-state index in [2.05, 4.69) is 0 Å². The third kappa shape index (κ3) is 3.83. The summed E-state index contributed by atoms with van der Waals surface area (Å²) in [6, 6.07) is 7.37. The average molecular weight is 449 g/mol. The van der Waals surface area contributed by atoms with Crippen LogP contribution in [0.15, 0.2) is 40.8 Å². The monoisotopic (exact) mass is 449 g/mol. The lowest BCUT2D eigenvalue weighted by Crippen LogP contribution is -2.60. The molecule has 11 nitrogen and oxygen atoms in total. The molecule has 1 aliphatic rings. The highest BCUT2D eigenvalue weighted by atomic mass is 16.7. The number of fused-ring (bicyclic) bond motifs is 1. The predicted molar refractivity (Wildman–Crippen MR) is 107 cm³/mol. The molecule has 11 heteroatoms. The van der Waals surface area contributed by atoms with E-state index in [1.807, 2.05) is 0 Å². The summed E-state index contributed by atoms with van der Waals surface area (Å²) in [7, 11) is 0. The van der Waals surface area contributed by atoms with E-state index in [9.17, 15) is 40.9 Å². The summed E-state index contributed by atoms with van der Waals surface area (Å²) in [5.41, 5.74) is 0.260. The Hall–Kier alpha value is -3.35. The van der Waals surface area contributed by atoms with Crippen molar-refractivity contribution in [2.75, 3.05) is 6.61 Å². The van der Waals surface area contributed by atoms with Gasteiger partial charge in [-0.3, -0.25) is 0 Å². The van der Waals surface area contributed by atoms with E-state index in [1.165, 1.54) is 30.3 Å². The summed E-state index contributed by atoms with van der Waals surface area (Å²) in [6.07, 6.45) is -7.76. The fraction of sp³-hybridized carbons (Fsp3) is 0.286. The minimum atomic E-state index is -1.71. The van der Waals surface area contributed by atoms with Gasteiger partial charge in [-0.15, -0.1) is 0 Å². The third-order valence-electron chi connectivity index (χ3n) is 5.15. The van der Waals surface area contributed by atoms with Crippen molar-refractivity contribution in [2.45, 2.75) is 30.7 Å². The van der Waals surface area contributed by atoms with Crippen LogP contribution in [0.2, 0.25) is 0 Å². The number of aliphatic hydroxyl groups excluding tert-OH is 4. The number of phenolic OH excluding ortho intramolecular Hbond substituents is 4. The zero-order valence-corrected chi connectivity index (χ0v) is 16.4. The van der Waals surface area contributed by atoms with Gasteiger partial charge in [-0.1, -0.05) is 0 Å². The van der Waals surface area contributed by atoms with Crippen LogP contribution in [0.25, 0.3) is 22.3 Å². The number of aliphatic hydroxyl groups is 4. The highest BCUT2D eigenvalue weighted by Crippen LogP contribution is 2.42. The van der Waals surface area contributed by atoms with Gasteiger partial charge in [-0.25, -0.2) is 4.42 Å². The van der Waals surface area contributed by atoms with Crippen LogP contribution < -0.4 is 4.74 Å².